The zero-order chi connectivity index (χ0) is 14.6. The molecule has 1 fully saturated rings. The molecule has 2 aliphatic heterocycles. The third kappa shape index (κ3) is 1.74. The molecular weight excluding hydrogens is 272 g/mol. The number of hydrogen-bond acceptors (Lipinski definition) is 4. The van der Waals surface area contributed by atoms with Crippen molar-refractivity contribution in [2.24, 2.45) is 0 Å². The molecule has 1 aromatic carbocycles. The SMILES string of the molecule is O=C1CCC(N2Cc3cc4[nH]ncc4cc3C2=O)C(=O)N1. The number of piperidine rings is 1. The predicted molar refractivity (Wildman–Crippen MR) is 72.1 cm³/mol. The van der Waals surface area contributed by atoms with Gasteiger partial charge in [-0.1, -0.05) is 0 Å². The minimum atomic E-state index is -0.570. The van der Waals surface area contributed by atoms with Gasteiger partial charge in [0.15, 0.2) is 0 Å². The molecule has 0 saturated carbocycles. The first kappa shape index (κ1) is 12.1. The third-order valence-corrected chi connectivity index (χ3v) is 4.08. The van der Waals surface area contributed by atoms with E-state index in [0.29, 0.717) is 18.5 Å². The summed E-state index contributed by atoms with van der Waals surface area (Å²) in [5.74, 6) is -0.831. The highest BCUT2D eigenvalue weighted by molar-refractivity contribution is 6.06. The lowest BCUT2D eigenvalue weighted by Crippen LogP contribution is -2.52. The quantitative estimate of drug-likeness (QED) is 0.737. The van der Waals surface area contributed by atoms with Gasteiger partial charge in [-0.2, -0.15) is 5.10 Å². The van der Waals surface area contributed by atoms with Gasteiger partial charge in [0.1, 0.15) is 6.04 Å². The number of aromatic nitrogens is 2. The molecular formula is C14H12N4O3. The molecule has 2 aromatic rings. The van der Waals surface area contributed by atoms with Crippen molar-refractivity contribution < 1.29 is 14.4 Å². The third-order valence-electron chi connectivity index (χ3n) is 4.08. The summed E-state index contributed by atoms with van der Waals surface area (Å²) in [4.78, 5) is 37.2. The largest absolute Gasteiger partial charge is 0.322 e. The molecule has 4 rings (SSSR count). The number of carbonyl (C=O) groups is 3. The van der Waals surface area contributed by atoms with Crippen molar-refractivity contribution >= 4 is 28.6 Å². The van der Waals surface area contributed by atoms with Crippen molar-refractivity contribution in [2.75, 3.05) is 0 Å². The Hall–Kier alpha value is -2.70. The number of amides is 3. The zero-order valence-electron chi connectivity index (χ0n) is 11.0. The van der Waals surface area contributed by atoms with E-state index in [0.717, 1.165) is 16.5 Å². The van der Waals surface area contributed by atoms with Crippen molar-refractivity contribution in [2.45, 2.75) is 25.4 Å². The molecule has 21 heavy (non-hydrogen) atoms. The van der Waals surface area contributed by atoms with Crippen molar-refractivity contribution in [1.82, 2.24) is 20.4 Å². The summed E-state index contributed by atoms with van der Waals surface area (Å²) in [7, 11) is 0. The smallest absolute Gasteiger partial charge is 0.255 e. The molecule has 3 heterocycles. The molecule has 1 atom stereocenters. The standard InChI is InChI=1S/C14H12N4O3/c19-12-2-1-11(13(20)16-12)18-6-8-4-10-7(5-15-17-10)3-9(8)14(18)21/h3-5,11H,1-2,6H2,(H,15,17)(H,16,19,20). The van der Waals surface area contributed by atoms with Gasteiger partial charge in [0, 0.05) is 23.9 Å². The number of fused-ring (bicyclic) bond motifs is 2. The highest BCUT2D eigenvalue weighted by Crippen LogP contribution is 2.30. The fourth-order valence-electron chi connectivity index (χ4n) is 3.01. The molecule has 7 heteroatoms. The topological polar surface area (TPSA) is 95.2 Å². The zero-order valence-corrected chi connectivity index (χ0v) is 11.0. The molecule has 0 bridgehead atoms. The minimum Gasteiger partial charge on any atom is -0.322 e. The van der Waals surface area contributed by atoms with Crippen LogP contribution in [0, 0.1) is 0 Å². The number of nitrogens with zero attached hydrogens (tertiary/aromatic N) is 2. The van der Waals surface area contributed by atoms with Gasteiger partial charge in [0.05, 0.1) is 11.7 Å². The van der Waals surface area contributed by atoms with Gasteiger partial charge >= 0.3 is 0 Å². The number of H-pyrrole nitrogens is 1. The Morgan fingerprint density at radius 3 is 2.90 bits per heavy atom. The summed E-state index contributed by atoms with van der Waals surface area (Å²) in [6.45, 7) is 0.384. The number of imide groups is 1. The van der Waals surface area contributed by atoms with Crippen LogP contribution in [-0.2, 0) is 16.1 Å². The number of rotatable bonds is 1. The van der Waals surface area contributed by atoms with E-state index in [2.05, 4.69) is 15.5 Å². The molecule has 2 N–H and O–H groups in total. The molecule has 3 amide bonds. The molecule has 0 radical (unpaired) electrons. The number of carbonyl (C=O) groups excluding carboxylic acids is 3. The minimum absolute atomic E-state index is 0.164. The van der Waals surface area contributed by atoms with E-state index in [1.54, 1.807) is 17.2 Å². The molecule has 7 nitrogen and oxygen atoms in total. The molecule has 2 aliphatic rings. The fourth-order valence-corrected chi connectivity index (χ4v) is 3.01. The van der Waals surface area contributed by atoms with Crippen LogP contribution in [0.25, 0.3) is 10.9 Å². The van der Waals surface area contributed by atoms with Gasteiger partial charge in [-0.05, 0) is 24.1 Å². The summed E-state index contributed by atoms with van der Waals surface area (Å²) >= 11 is 0. The van der Waals surface area contributed by atoms with Crippen molar-refractivity contribution in [1.29, 1.82) is 0 Å². The summed E-state index contributed by atoms with van der Waals surface area (Å²) in [5.41, 5.74) is 2.35. The van der Waals surface area contributed by atoms with Crippen molar-refractivity contribution in [3.8, 4) is 0 Å². The number of nitrogens with one attached hydrogen (secondary N) is 2. The lowest BCUT2D eigenvalue weighted by molar-refractivity contribution is -0.136. The van der Waals surface area contributed by atoms with Crippen molar-refractivity contribution in [3.63, 3.8) is 0 Å². The van der Waals surface area contributed by atoms with Crippen LogP contribution in [-0.4, -0.2) is 38.9 Å². The Bertz CT molecular complexity index is 795. The monoisotopic (exact) mass is 284 g/mol. The van der Waals surface area contributed by atoms with Crippen LogP contribution < -0.4 is 5.32 Å². The maximum atomic E-state index is 12.5. The predicted octanol–water partition coefficient (Wildman–Crippen LogP) is 0.324. The van der Waals surface area contributed by atoms with Gasteiger partial charge < -0.3 is 4.90 Å². The van der Waals surface area contributed by atoms with Crippen LogP contribution in [0.15, 0.2) is 18.3 Å². The first-order valence-corrected chi connectivity index (χ1v) is 6.74. The number of benzene rings is 1. The maximum absolute atomic E-state index is 12.5. The first-order valence-electron chi connectivity index (χ1n) is 6.74. The van der Waals surface area contributed by atoms with E-state index in [4.69, 9.17) is 0 Å². The second-order valence-electron chi connectivity index (χ2n) is 5.37. The molecule has 1 saturated heterocycles. The summed E-state index contributed by atoms with van der Waals surface area (Å²) in [6.07, 6.45) is 2.31. The van der Waals surface area contributed by atoms with E-state index in [-0.39, 0.29) is 24.1 Å². The Labute approximate surface area is 119 Å². The Kier molecular flexibility index (Phi) is 2.38. The highest BCUT2D eigenvalue weighted by Gasteiger charge is 2.39. The Morgan fingerprint density at radius 2 is 2.10 bits per heavy atom. The molecule has 0 aliphatic carbocycles. The summed E-state index contributed by atoms with van der Waals surface area (Å²) < 4.78 is 0. The first-order chi connectivity index (χ1) is 10.1. The van der Waals surface area contributed by atoms with Crippen LogP contribution in [0.1, 0.15) is 28.8 Å². The van der Waals surface area contributed by atoms with E-state index in [9.17, 15) is 14.4 Å². The second-order valence-corrected chi connectivity index (χ2v) is 5.37. The van der Waals surface area contributed by atoms with Crippen molar-refractivity contribution in [3.05, 3.63) is 29.5 Å². The normalized spacial score (nSPS) is 21.8. The Morgan fingerprint density at radius 1 is 1.24 bits per heavy atom. The van der Waals surface area contributed by atoms with Gasteiger partial charge in [-0.3, -0.25) is 24.8 Å². The molecule has 1 aromatic heterocycles. The second kappa shape index (κ2) is 4.15. The lowest BCUT2D eigenvalue weighted by Gasteiger charge is -2.29. The van der Waals surface area contributed by atoms with Crippen LogP contribution >= 0.6 is 0 Å². The highest BCUT2D eigenvalue weighted by atomic mass is 16.2. The van der Waals surface area contributed by atoms with Crippen LogP contribution in [0.2, 0.25) is 0 Å². The molecule has 1 unspecified atom stereocenters. The number of aromatic amines is 1. The van der Waals surface area contributed by atoms with Crippen LogP contribution in [0.3, 0.4) is 0 Å². The lowest BCUT2D eigenvalue weighted by atomic mass is 10.0. The summed E-state index contributed by atoms with van der Waals surface area (Å²) in [6, 6.07) is 3.11. The maximum Gasteiger partial charge on any atom is 0.255 e. The fraction of sp³-hybridized carbons (Fsp3) is 0.286. The van der Waals surface area contributed by atoms with E-state index >= 15 is 0 Å². The van der Waals surface area contributed by atoms with E-state index in [1.165, 1.54) is 0 Å². The Balaban J connectivity index is 1.69. The van der Waals surface area contributed by atoms with Crippen LogP contribution in [0.5, 0.6) is 0 Å². The average Bonchev–Trinajstić information content (AvgIpc) is 3.02. The van der Waals surface area contributed by atoms with E-state index in [1.807, 2.05) is 6.07 Å². The summed E-state index contributed by atoms with van der Waals surface area (Å²) in [5, 5.41) is 9.98. The van der Waals surface area contributed by atoms with Gasteiger partial charge in [0.25, 0.3) is 5.91 Å². The van der Waals surface area contributed by atoms with Gasteiger partial charge in [-0.15, -0.1) is 0 Å². The molecule has 106 valence electrons. The van der Waals surface area contributed by atoms with E-state index < -0.39 is 6.04 Å². The van der Waals surface area contributed by atoms with Crippen LogP contribution in [0.4, 0.5) is 0 Å². The van der Waals surface area contributed by atoms with Gasteiger partial charge in [0.2, 0.25) is 11.8 Å². The van der Waals surface area contributed by atoms with Gasteiger partial charge in [-0.25, -0.2) is 0 Å². The number of hydrogen-bond donors (Lipinski definition) is 2. The molecule has 0 spiro atoms. The average molecular weight is 284 g/mol.